The Morgan fingerprint density at radius 2 is 1.90 bits per heavy atom. The molecule has 0 unspecified atom stereocenters. The minimum Gasteiger partial charge on any atom is -0.496 e. The van der Waals surface area contributed by atoms with E-state index in [0.29, 0.717) is 16.9 Å². The van der Waals surface area contributed by atoms with E-state index < -0.39 is 10.9 Å². The van der Waals surface area contributed by atoms with E-state index in [1.54, 1.807) is 30.3 Å². The minimum atomic E-state index is -0.921. The monoisotopic (exact) mass is 287 g/mol. The third-order valence-electron chi connectivity index (χ3n) is 3.01. The Labute approximate surface area is 120 Å². The lowest BCUT2D eigenvalue weighted by atomic mass is 10.0. The van der Waals surface area contributed by atoms with Crippen LogP contribution in [0.25, 0.3) is 11.1 Å². The highest BCUT2D eigenvalue weighted by atomic mass is 16.6. The van der Waals surface area contributed by atoms with Gasteiger partial charge in [-0.05, 0) is 35.4 Å². The van der Waals surface area contributed by atoms with Crippen LogP contribution in [-0.4, -0.2) is 23.1 Å². The lowest BCUT2D eigenvalue weighted by Crippen LogP contribution is -2.00. The Balaban J connectivity index is 2.44. The Morgan fingerprint density at radius 3 is 2.43 bits per heavy atom. The lowest BCUT2D eigenvalue weighted by molar-refractivity contribution is -0.384. The summed E-state index contributed by atoms with van der Waals surface area (Å²) >= 11 is 0. The van der Waals surface area contributed by atoms with E-state index in [2.05, 4.69) is 0 Å². The summed E-state index contributed by atoms with van der Waals surface area (Å²) in [7, 11) is 1.51. The molecule has 2 rings (SSSR count). The van der Waals surface area contributed by atoms with Gasteiger partial charge < -0.3 is 9.84 Å². The highest BCUT2D eigenvalue weighted by Crippen LogP contribution is 2.32. The zero-order valence-electron chi connectivity index (χ0n) is 11.3. The molecule has 0 aliphatic heterocycles. The average molecular weight is 287 g/mol. The van der Waals surface area contributed by atoms with Gasteiger partial charge in [-0.1, -0.05) is 6.07 Å². The second-order valence-electron chi connectivity index (χ2n) is 4.41. The molecule has 0 fully saturated rings. The number of hydrogen-bond donors (Lipinski definition) is 1. The number of hydrogen-bond acceptors (Lipinski definition) is 4. The highest BCUT2D eigenvalue weighted by molar-refractivity contribution is 5.75. The molecule has 0 saturated heterocycles. The SMILES string of the molecule is COc1ccc(CC(=O)O)cc1-c1ccc([N+](=O)[O-])cc1. The average Bonchev–Trinajstić information content (AvgIpc) is 2.46. The second-order valence-corrected chi connectivity index (χ2v) is 4.41. The molecule has 0 aliphatic carbocycles. The summed E-state index contributed by atoms with van der Waals surface area (Å²) in [5, 5.41) is 19.5. The lowest BCUT2D eigenvalue weighted by Gasteiger charge is -2.10. The first-order valence-electron chi connectivity index (χ1n) is 6.15. The summed E-state index contributed by atoms with van der Waals surface area (Å²) in [5.41, 5.74) is 2.06. The number of nitro groups is 1. The van der Waals surface area contributed by atoms with Gasteiger partial charge in [-0.2, -0.15) is 0 Å². The van der Waals surface area contributed by atoms with Crippen molar-refractivity contribution in [2.75, 3.05) is 7.11 Å². The summed E-state index contributed by atoms with van der Waals surface area (Å²) < 4.78 is 5.26. The maximum absolute atomic E-state index is 10.8. The van der Waals surface area contributed by atoms with Crippen molar-refractivity contribution in [3.8, 4) is 16.9 Å². The van der Waals surface area contributed by atoms with Crippen LogP contribution in [0.15, 0.2) is 42.5 Å². The summed E-state index contributed by atoms with van der Waals surface area (Å²) in [6.45, 7) is 0. The number of aliphatic carboxylic acids is 1. The van der Waals surface area contributed by atoms with E-state index in [1.165, 1.54) is 19.2 Å². The van der Waals surface area contributed by atoms with Gasteiger partial charge in [0, 0.05) is 17.7 Å². The second kappa shape index (κ2) is 6.04. The van der Waals surface area contributed by atoms with Crippen LogP contribution in [-0.2, 0) is 11.2 Å². The summed E-state index contributed by atoms with van der Waals surface area (Å²) in [6.07, 6.45) is -0.0933. The largest absolute Gasteiger partial charge is 0.496 e. The minimum absolute atomic E-state index is 0.000549. The van der Waals surface area contributed by atoms with Crippen LogP contribution in [0.3, 0.4) is 0 Å². The van der Waals surface area contributed by atoms with Gasteiger partial charge in [-0.3, -0.25) is 14.9 Å². The number of carbonyl (C=O) groups is 1. The van der Waals surface area contributed by atoms with E-state index >= 15 is 0 Å². The molecule has 6 nitrogen and oxygen atoms in total. The standard InChI is InChI=1S/C15H13NO5/c1-21-14-7-2-10(9-15(17)18)8-13(14)11-3-5-12(6-4-11)16(19)20/h2-8H,9H2,1H3,(H,17,18). The Kier molecular flexibility index (Phi) is 4.18. The van der Waals surface area contributed by atoms with Crippen molar-refractivity contribution >= 4 is 11.7 Å². The Hall–Kier alpha value is -2.89. The molecule has 0 atom stereocenters. The van der Waals surface area contributed by atoms with Crippen molar-refractivity contribution in [1.29, 1.82) is 0 Å². The van der Waals surface area contributed by atoms with Crippen molar-refractivity contribution in [2.24, 2.45) is 0 Å². The zero-order chi connectivity index (χ0) is 15.4. The quantitative estimate of drug-likeness (QED) is 0.674. The van der Waals surface area contributed by atoms with Gasteiger partial charge >= 0.3 is 5.97 Å². The number of rotatable bonds is 5. The number of carboxylic acids is 1. The first-order chi connectivity index (χ1) is 10.0. The molecule has 108 valence electrons. The summed E-state index contributed by atoms with van der Waals surface area (Å²) in [5.74, 6) is -0.340. The maximum Gasteiger partial charge on any atom is 0.307 e. The van der Waals surface area contributed by atoms with Gasteiger partial charge in [-0.15, -0.1) is 0 Å². The maximum atomic E-state index is 10.8. The first-order valence-corrected chi connectivity index (χ1v) is 6.15. The topological polar surface area (TPSA) is 89.7 Å². The van der Waals surface area contributed by atoms with Crippen LogP contribution < -0.4 is 4.74 Å². The molecular weight excluding hydrogens is 274 g/mol. The number of nitrogens with zero attached hydrogens (tertiary/aromatic N) is 1. The number of benzene rings is 2. The first kappa shape index (κ1) is 14.5. The molecule has 0 bridgehead atoms. The van der Waals surface area contributed by atoms with Crippen LogP contribution in [0, 0.1) is 10.1 Å². The Morgan fingerprint density at radius 1 is 1.24 bits per heavy atom. The smallest absolute Gasteiger partial charge is 0.307 e. The fourth-order valence-corrected chi connectivity index (χ4v) is 2.03. The van der Waals surface area contributed by atoms with Crippen LogP contribution in [0.2, 0.25) is 0 Å². The molecule has 21 heavy (non-hydrogen) atoms. The van der Waals surface area contributed by atoms with Gasteiger partial charge in [0.15, 0.2) is 0 Å². The molecule has 2 aromatic carbocycles. The van der Waals surface area contributed by atoms with Gasteiger partial charge in [-0.25, -0.2) is 0 Å². The van der Waals surface area contributed by atoms with Crippen molar-refractivity contribution < 1.29 is 19.6 Å². The number of nitro benzene ring substituents is 1. The third kappa shape index (κ3) is 3.36. The van der Waals surface area contributed by atoms with E-state index in [1.807, 2.05) is 0 Å². The third-order valence-corrected chi connectivity index (χ3v) is 3.01. The molecule has 6 heteroatoms. The predicted octanol–water partition coefficient (Wildman–Crippen LogP) is 2.90. The van der Waals surface area contributed by atoms with Crippen LogP contribution >= 0.6 is 0 Å². The normalized spacial score (nSPS) is 10.1. The van der Waals surface area contributed by atoms with Crippen molar-refractivity contribution in [2.45, 2.75) is 6.42 Å². The summed E-state index contributed by atoms with van der Waals surface area (Å²) in [6, 6.07) is 11.1. The molecule has 1 N–H and O–H groups in total. The van der Waals surface area contributed by atoms with Gasteiger partial charge in [0.1, 0.15) is 5.75 Å². The van der Waals surface area contributed by atoms with Crippen LogP contribution in [0.4, 0.5) is 5.69 Å². The fraction of sp³-hybridized carbons (Fsp3) is 0.133. The van der Waals surface area contributed by atoms with E-state index in [4.69, 9.17) is 9.84 Å². The molecule has 2 aromatic rings. The van der Waals surface area contributed by atoms with E-state index in [9.17, 15) is 14.9 Å². The Bertz CT molecular complexity index is 679. The van der Waals surface area contributed by atoms with E-state index in [0.717, 1.165) is 5.56 Å². The zero-order valence-corrected chi connectivity index (χ0v) is 11.3. The number of methoxy groups -OCH3 is 1. The molecule has 0 spiro atoms. The molecule has 0 heterocycles. The van der Waals surface area contributed by atoms with Crippen LogP contribution in [0.5, 0.6) is 5.75 Å². The number of ether oxygens (including phenoxy) is 1. The molecule has 0 radical (unpaired) electrons. The fourth-order valence-electron chi connectivity index (χ4n) is 2.03. The molecular formula is C15H13NO5. The van der Waals surface area contributed by atoms with E-state index in [-0.39, 0.29) is 12.1 Å². The molecule has 0 aliphatic rings. The van der Waals surface area contributed by atoms with Gasteiger partial charge in [0.2, 0.25) is 0 Å². The number of non-ortho nitro benzene ring substituents is 1. The predicted molar refractivity (Wildman–Crippen MR) is 76.4 cm³/mol. The van der Waals surface area contributed by atoms with Crippen molar-refractivity contribution in [3.63, 3.8) is 0 Å². The highest BCUT2D eigenvalue weighted by Gasteiger charge is 2.11. The molecule has 0 amide bonds. The molecule has 0 saturated carbocycles. The van der Waals surface area contributed by atoms with Gasteiger partial charge in [0.05, 0.1) is 18.5 Å². The van der Waals surface area contributed by atoms with Gasteiger partial charge in [0.25, 0.3) is 5.69 Å². The van der Waals surface area contributed by atoms with Crippen LogP contribution in [0.1, 0.15) is 5.56 Å². The summed E-state index contributed by atoms with van der Waals surface area (Å²) in [4.78, 5) is 21.0. The van der Waals surface area contributed by atoms with Crippen molar-refractivity contribution in [1.82, 2.24) is 0 Å². The molecule has 0 aromatic heterocycles. The number of carboxylic acid groups (broad SMARTS) is 1. The van der Waals surface area contributed by atoms with Crippen molar-refractivity contribution in [3.05, 3.63) is 58.1 Å².